The van der Waals surface area contributed by atoms with E-state index in [-0.39, 0.29) is 5.41 Å². The topological polar surface area (TPSA) is 0 Å². The average Bonchev–Trinajstić information content (AvgIpc) is 3.01. The lowest BCUT2D eigenvalue weighted by atomic mass is 9.62. The Bertz CT molecular complexity index is 1080. The summed E-state index contributed by atoms with van der Waals surface area (Å²) in [6, 6.07) is 24.1. The van der Waals surface area contributed by atoms with Crippen LogP contribution in [0.25, 0.3) is 22.3 Å². The molecule has 1 heteroatoms. The summed E-state index contributed by atoms with van der Waals surface area (Å²) in [7, 11) is 0. The molecule has 2 aliphatic carbocycles. The summed E-state index contributed by atoms with van der Waals surface area (Å²) >= 11 is 6.24. The van der Waals surface area contributed by atoms with E-state index in [1.54, 1.807) is 0 Å². The monoisotopic (exact) mass is 384 g/mol. The first-order valence-electron chi connectivity index (χ1n) is 10.3. The molecule has 2 unspecified atom stereocenters. The maximum atomic E-state index is 6.24. The number of allylic oxidation sites excluding steroid dienone is 1. The molecule has 28 heavy (non-hydrogen) atoms. The van der Waals surface area contributed by atoms with Gasteiger partial charge in [-0.2, -0.15) is 0 Å². The largest absolute Gasteiger partial charge is 0.0986 e. The predicted octanol–water partition coefficient (Wildman–Crippen LogP) is 8.04. The van der Waals surface area contributed by atoms with Crippen LogP contribution in [0.5, 0.6) is 0 Å². The van der Waals surface area contributed by atoms with Crippen molar-refractivity contribution in [2.75, 3.05) is 0 Å². The molecule has 3 aromatic carbocycles. The van der Waals surface area contributed by atoms with E-state index in [1.165, 1.54) is 58.2 Å². The zero-order valence-electron chi connectivity index (χ0n) is 16.3. The average molecular weight is 385 g/mol. The minimum atomic E-state index is -0.00946. The number of hydrogen-bond acceptors (Lipinski definition) is 0. The van der Waals surface area contributed by atoms with Gasteiger partial charge in [0, 0.05) is 10.4 Å². The van der Waals surface area contributed by atoms with Crippen LogP contribution in [-0.2, 0) is 5.41 Å². The zero-order valence-corrected chi connectivity index (χ0v) is 17.1. The first-order chi connectivity index (χ1) is 13.6. The van der Waals surface area contributed by atoms with Gasteiger partial charge in [-0.3, -0.25) is 0 Å². The number of halogens is 1. The summed E-state index contributed by atoms with van der Waals surface area (Å²) in [5.74, 6) is 0.778. The van der Waals surface area contributed by atoms with E-state index in [0.717, 1.165) is 17.4 Å². The highest BCUT2D eigenvalue weighted by Crippen LogP contribution is 2.58. The lowest BCUT2D eigenvalue weighted by Gasteiger charge is -2.41. The Balaban J connectivity index is 1.70. The van der Waals surface area contributed by atoms with Crippen LogP contribution in [-0.4, -0.2) is 0 Å². The number of benzene rings is 3. The molecule has 0 aliphatic heterocycles. The minimum absolute atomic E-state index is 0.00946. The van der Waals surface area contributed by atoms with E-state index >= 15 is 0 Å². The van der Waals surface area contributed by atoms with Crippen molar-refractivity contribution in [3.8, 4) is 22.3 Å². The molecule has 0 N–H and O–H groups in total. The number of fused-ring (bicyclic) bond motifs is 5. The normalized spacial score (nSPS) is 22.9. The fourth-order valence-electron chi connectivity index (χ4n) is 5.44. The van der Waals surface area contributed by atoms with Crippen molar-refractivity contribution in [2.24, 2.45) is 5.92 Å². The van der Waals surface area contributed by atoms with Gasteiger partial charge >= 0.3 is 0 Å². The standard InChI is InChI=1S/C27H25Cl/c1-3-19-13-14-27(18(2)15-19)25-10-5-4-9-23(25)24-17-21(11-12-26(24)27)20-7-6-8-22(28)16-20/h4-12,16-17,19H,2-3,13-15H2,1H3. The minimum Gasteiger partial charge on any atom is -0.0986 e. The molecule has 0 bridgehead atoms. The van der Waals surface area contributed by atoms with Crippen molar-refractivity contribution in [2.45, 2.75) is 38.0 Å². The zero-order chi connectivity index (χ0) is 19.3. The van der Waals surface area contributed by atoms with Gasteiger partial charge in [0.15, 0.2) is 0 Å². The highest BCUT2D eigenvalue weighted by molar-refractivity contribution is 6.30. The summed E-state index contributed by atoms with van der Waals surface area (Å²) in [6.07, 6.45) is 4.84. The molecule has 0 radical (unpaired) electrons. The van der Waals surface area contributed by atoms with Gasteiger partial charge in [0.2, 0.25) is 0 Å². The first kappa shape index (κ1) is 17.8. The maximum absolute atomic E-state index is 6.24. The third-order valence-electron chi connectivity index (χ3n) is 6.96. The molecule has 1 fully saturated rings. The second-order valence-electron chi connectivity index (χ2n) is 8.34. The van der Waals surface area contributed by atoms with Crippen molar-refractivity contribution < 1.29 is 0 Å². The van der Waals surface area contributed by atoms with E-state index in [9.17, 15) is 0 Å². The summed E-state index contributed by atoms with van der Waals surface area (Å²) in [6.45, 7) is 6.93. The Labute approximate surface area is 172 Å². The molecule has 0 nitrogen and oxygen atoms in total. The molecular weight excluding hydrogens is 360 g/mol. The van der Waals surface area contributed by atoms with Crippen LogP contribution in [0.4, 0.5) is 0 Å². The summed E-state index contributed by atoms with van der Waals surface area (Å²) in [4.78, 5) is 0. The third-order valence-corrected chi connectivity index (χ3v) is 7.19. The van der Waals surface area contributed by atoms with Crippen molar-refractivity contribution in [1.29, 1.82) is 0 Å². The molecule has 0 saturated heterocycles. The fraction of sp³-hybridized carbons (Fsp3) is 0.259. The van der Waals surface area contributed by atoms with Gasteiger partial charge in [0.1, 0.15) is 0 Å². The molecule has 2 aliphatic rings. The van der Waals surface area contributed by atoms with E-state index in [4.69, 9.17) is 11.6 Å². The molecule has 1 spiro atoms. The Hall–Kier alpha value is -2.31. The predicted molar refractivity (Wildman–Crippen MR) is 120 cm³/mol. The Morgan fingerprint density at radius 1 is 0.929 bits per heavy atom. The van der Waals surface area contributed by atoms with Gasteiger partial charge in [0.05, 0.1) is 0 Å². The molecular formula is C27H25Cl. The lowest BCUT2D eigenvalue weighted by molar-refractivity contribution is 0.338. The number of rotatable bonds is 2. The molecule has 2 atom stereocenters. The summed E-state index contributed by atoms with van der Waals surface area (Å²) < 4.78 is 0. The van der Waals surface area contributed by atoms with Crippen molar-refractivity contribution in [3.05, 3.63) is 95.0 Å². The van der Waals surface area contributed by atoms with Gasteiger partial charge in [-0.15, -0.1) is 0 Å². The second kappa shape index (κ2) is 6.64. The highest BCUT2D eigenvalue weighted by atomic mass is 35.5. The molecule has 1 saturated carbocycles. The van der Waals surface area contributed by atoms with Crippen LogP contribution in [0.3, 0.4) is 0 Å². The molecule has 5 rings (SSSR count). The lowest BCUT2D eigenvalue weighted by Crippen LogP contribution is -2.33. The fourth-order valence-corrected chi connectivity index (χ4v) is 5.63. The van der Waals surface area contributed by atoms with Gasteiger partial charge < -0.3 is 0 Å². The maximum Gasteiger partial charge on any atom is 0.0421 e. The van der Waals surface area contributed by atoms with Crippen molar-refractivity contribution in [1.82, 2.24) is 0 Å². The Morgan fingerprint density at radius 2 is 1.71 bits per heavy atom. The Morgan fingerprint density at radius 3 is 2.50 bits per heavy atom. The molecule has 0 aromatic heterocycles. The van der Waals surface area contributed by atoms with Crippen LogP contribution < -0.4 is 0 Å². The number of hydrogen-bond donors (Lipinski definition) is 0. The molecule has 0 heterocycles. The van der Waals surface area contributed by atoms with Gasteiger partial charge in [0.25, 0.3) is 0 Å². The smallest absolute Gasteiger partial charge is 0.0421 e. The van der Waals surface area contributed by atoms with Crippen molar-refractivity contribution >= 4 is 11.6 Å². The van der Waals surface area contributed by atoms with E-state index in [1.807, 2.05) is 18.2 Å². The molecule has 140 valence electrons. The second-order valence-corrected chi connectivity index (χ2v) is 8.78. The van der Waals surface area contributed by atoms with Crippen LogP contribution in [0, 0.1) is 5.92 Å². The van der Waals surface area contributed by atoms with Crippen molar-refractivity contribution in [3.63, 3.8) is 0 Å². The first-order valence-corrected chi connectivity index (χ1v) is 10.7. The van der Waals surface area contributed by atoms with Gasteiger partial charge in [-0.1, -0.05) is 85.6 Å². The molecule has 0 amide bonds. The van der Waals surface area contributed by atoms with Crippen LogP contribution >= 0.6 is 11.6 Å². The highest BCUT2D eigenvalue weighted by Gasteiger charge is 2.47. The SMILES string of the molecule is C=C1CC(CC)CCC12c1ccccc1-c1cc(-c3cccc(Cl)c3)ccc12. The summed E-state index contributed by atoms with van der Waals surface area (Å²) in [5, 5.41) is 0.779. The summed E-state index contributed by atoms with van der Waals surface area (Å²) in [5.41, 5.74) is 9.41. The van der Waals surface area contributed by atoms with Gasteiger partial charge in [-0.25, -0.2) is 0 Å². The van der Waals surface area contributed by atoms with E-state index < -0.39 is 0 Å². The van der Waals surface area contributed by atoms with Gasteiger partial charge in [-0.05, 0) is 76.8 Å². The Kier molecular flexibility index (Phi) is 4.21. The van der Waals surface area contributed by atoms with Crippen LogP contribution in [0.15, 0.2) is 78.9 Å². The van der Waals surface area contributed by atoms with Crippen LogP contribution in [0.1, 0.15) is 43.7 Å². The molecule has 3 aromatic rings. The van der Waals surface area contributed by atoms with E-state index in [2.05, 4.69) is 62.0 Å². The third kappa shape index (κ3) is 2.51. The van der Waals surface area contributed by atoms with Crippen LogP contribution in [0.2, 0.25) is 5.02 Å². The quantitative estimate of drug-likeness (QED) is 0.392. The van der Waals surface area contributed by atoms with E-state index in [0.29, 0.717) is 0 Å².